The van der Waals surface area contributed by atoms with Crippen LogP contribution in [0, 0.1) is 0 Å². The van der Waals surface area contributed by atoms with E-state index in [4.69, 9.17) is 5.11 Å². The fraction of sp³-hybridized carbons (Fsp3) is 0.571. The van der Waals surface area contributed by atoms with Gasteiger partial charge in [0.25, 0.3) is 0 Å². The first kappa shape index (κ1) is 13.2. The molecule has 1 N–H and O–H groups in total. The highest BCUT2D eigenvalue weighted by Crippen LogP contribution is 2.21. The molecule has 0 aliphatic rings. The first-order valence-corrected chi connectivity index (χ1v) is 6.12. The fourth-order valence-electron chi connectivity index (χ4n) is 2.08. The van der Waals surface area contributed by atoms with Gasteiger partial charge in [-0.3, -0.25) is 0 Å². The van der Waals surface area contributed by atoms with E-state index in [1.165, 1.54) is 18.4 Å². The monoisotopic (exact) mass is 221 g/mol. The van der Waals surface area contributed by atoms with Gasteiger partial charge in [0.15, 0.2) is 0 Å². The summed E-state index contributed by atoms with van der Waals surface area (Å²) in [5, 5.41) is 8.91. The number of rotatable bonds is 7. The van der Waals surface area contributed by atoms with Crippen molar-refractivity contribution >= 4 is 0 Å². The van der Waals surface area contributed by atoms with Crippen LogP contribution in [-0.4, -0.2) is 36.8 Å². The Kier molecular flexibility index (Phi) is 6.12. The smallest absolute Gasteiger partial charge is 0.0558 e. The molecule has 1 aromatic carbocycles. The first-order chi connectivity index (χ1) is 7.77. The number of hydrogen-bond donors (Lipinski definition) is 1. The van der Waals surface area contributed by atoms with Gasteiger partial charge in [-0.2, -0.15) is 0 Å². The molecule has 0 spiro atoms. The van der Waals surface area contributed by atoms with Crippen LogP contribution in [-0.2, 0) is 0 Å². The number of likely N-dealkylation sites (N-methyl/N-ethyl adjacent to an activating group) is 1. The van der Waals surface area contributed by atoms with Crippen molar-refractivity contribution in [3.63, 3.8) is 0 Å². The van der Waals surface area contributed by atoms with E-state index in [2.05, 4.69) is 49.2 Å². The summed E-state index contributed by atoms with van der Waals surface area (Å²) in [5.74, 6) is 0.586. The summed E-state index contributed by atoms with van der Waals surface area (Å²) in [7, 11) is 2.07. The third-order valence-electron chi connectivity index (χ3n) is 2.92. The molecule has 0 saturated carbocycles. The number of benzene rings is 1. The topological polar surface area (TPSA) is 23.5 Å². The van der Waals surface area contributed by atoms with Crippen molar-refractivity contribution in [3.05, 3.63) is 35.9 Å². The zero-order valence-electron chi connectivity index (χ0n) is 10.4. The molecule has 0 aliphatic carbocycles. The van der Waals surface area contributed by atoms with Crippen LogP contribution in [0.2, 0.25) is 0 Å². The predicted octanol–water partition coefficient (Wildman–Crippen LogP) is 2.49. The van der Waals surface area contributed by atoms with Crippen molar-refractivity contribution < 1.29 is 5.11 Å². The largest absolute Gasteiger partial charge is 0.395 e. The van der Waals surface area contributed by atoms with Crippen LogP contribution in [0.5, 0.6) is 0 Å². The molecule has 2 heteroatoms. The van der Waals surface area contributed by atoms with Crippen LogP contribution >= 0.6 is 0 Å². The van der Waals surface area contributed by atoms with Crippen LogP contribution in [0.3, 0.4) is 0 Å². The Morgan fingerprint density at radius 1 is 1.25 bits per heavy atom. The second kappa shape index (κ2) is 7.42. The average molecular weight is 221 g/mol. The molecule has 0 aliphatic heterocycles. The third-order valence-corrected chi connectivity index (χ3v) is 2.92. The highest BCUT2D eigenvalue weighted by molar-refractivity contribution is 5.19. The third kappa shape index (κ3) is 4.33. The Hall–Kier alpha value is -0.860. The normalized spacial score (nSPS) is 13.0. The summed E-state index contributed by atoms with van der Waals surface area (Å²) in [5.41, 5.74) is 1.41. The molecule has 1 aromatic rings. The maximum atomic E-state index is 8.91. The molecule has 90 valence electrons. The molecule has 0 amide bonds. The van der Waals surface area contributed by atoms with Gasteiger partial charge in [0.05, 0.1) is 6.61 Å². The Morgan fingerprint density at radius 2 is 1.94 bits per heavy atom. The van der Waals surface area contributed by atoms with E-state index in [0.717, 1.165) is 13.1 Å². The molecule has 1 rings (SSSR count). The maximum absolute atomic E-state index is 8.91. The van der Waals surface area contributed by atoms with Gasteiger partial charge in [-0.15, -0.1) is 0 Å². The summed E-state index contributed by atoms with van der Waals surface area (Å²) in [6, 6.07) is 10.7. The molecule has 1 atom stereocenters. The van der Waals surface area contributed by atoms with E-state index < -0.39 is 0 Å². The molecule has 0 fully saturated rings. The zero-order chi connectivity index (χ0) is 11.8. The van der Waals surface area contributed by atoms with Crippen molar-refractivity contribution in [2.24, 2.45) is 0 Å². The summed E-state index contributed by atoms with van der Waals surface area (Å²) >= 11 is 0. The minimum atomic E-state index is 0.240. The Balaban J connectivity index is 2.60. The molecular weight excluding hydrogens is 198 g/mol. The second-order valence-electron chi connectivity index (χ2n) is 4.38. The van der Waals surface area contributed by atoms with Crippen molar-refractivity contribution in [2.45, 2.75) is 25.7 Å². The average Bonchev–Trinajstić information content (AvgIpc) is 2.30. The Bertz CT molecular complexity index is 273. The van der Waals surface area contributed by atoms with Gasteiger partial charge in [0.1, 0.15) is 0 Å². The van der Waals surface area contributed by atoms with E-state index >= 15 is 0 Å². The van der Waals surface area contributed by atoms with E-state index in [1.54, 1.807) is 0 Å². The summed E-state index contributed by atoms with van der Waals surface area (Å²) in [4.78, 5) is 2.20. The molecule has 1 unspecified atom stereocenters. The lowest BCUT2D eigenvalue weighted by molar-refractivity contribution is 0.212. The van der Waals surface area contributed by atoms with Gasteiger partial charge >= 0.3 is 0 Å². The van der Waals surface area contributed by atoms with Crippen LogP contribution in [0.4, 0.5) is 0 Å². The van der Waals surface area contributed by atoms with Crippen LogP contribution in [0.25, 0.3) is 0 Å². The summed E-state index contributed by atoms with van der Waals surface area (Å²) in [6.07, 6.45) is 2.41. The van der Waals surface area contributed by atoms with Gasteiger partial charge < -0.3 is 10.0 Å². The summed E-state index contributed by atoms with van der Waals surface area (Å²) < 4.78 is 0. The number of aliphatic hydroxyl groups excluding tert-OH is 1. The standard InChI is InChI=1S/C14H23NO/c1-3-7-14(12-15(2)10-11-16)13-8-5-4-6-9-13/h4-6,8-9,14,16H,3,7,10-12H2,1-2H3. The summed E-state index contributed by atoms with van der Waals surface area (Å²) in [6.45, 7) is 4.25. The lowest BCUT2D eigenvalue weighted by Crippen LogP contribution is -2.27. The molecule has 0 saturated heterocycles. The minimum absolute atomic E-state index is 0.240. The van der Waals surface area contributed by atoms with E-state index in [0.29, 0.717) is 5.92 Å². The predicted molar refractivity (Wildman–Crippen MR) is 68.7 cm³/mol. The Morgan fingerprint density at radius 3 is 2.50 bits per heavy atom. The minimum Gasteiger partial charge on any atom is -0.395 e. The van der Waals surface area contributed by atoms with E-state index in [1.807, 2.05) is 0 Å². The molecule has 0 radical (unpaired) electrons. The number of nitrogens with zero attached hydrogens (tertiary/aromatic N) is 1. The molecule has 16 heavy (non-hydrogen) atoms. The van der Waals surface area contributed by atoms with Crippen molar-refractivity contribution in [1.29, 1.82) is 0 Å². The molecule has 0 heterocycles. The number of aliphatic hydroxyl groups is 1. The van der Waals surface area contributed by atoms with Crippen molar-refractivity contribution in [2.75, 3.05) is 26.7 Å². The molecular formula is C14H23NO. The molecule has 0 aromatic heterocycles. The maximum Gasteiger partial charge on any atom is 0.0558 e. The Labute approximate surface area is 98.9 Å². The lowest BCUT2D eigenvalue weighted by atomic mass is 9.94. The zero-order valence-corrected chi connectivity index (χ0v) is 10.4. The quantitative estimate of drug-likeness (QED) is 0.764. The van der Waals surface area contributed by atoms with E-state index in [9.17, 15) is 0 Å². The van der Waals surface area contributed by atoms with Gasteiger partial charge in [-0.25, -0.2) is 0 Å². The fourth-order valence-corrected chi connectivity index (χ4v) is 2.08. The van der Waals surface area contributed by atoms with E-state index in [-0.39, 0.29) is 6.61 Å². The lowest BCUT2D eigenvalue weighted by Gasteiger charge is -2.23. The second-order valence-corrected chi connectivity index (χ2v) is 4.38. The van der Waals surface area contributed by atoms with Gasteiger partial charge in [-0.1, -0.05) is 43.7 Å². The van der Waals surface area contributed by atoms with Gasteiger partial charge in [0.2, 0.25) is 0 Å². The van der Waals surface area contributed by atoms with Crippen LogP contribution in [0.15, 0.2) is 30.3 Å². The van der Waals surface area contributed by atoms with Gasteiger partial charge in [-0.05, 0) is 24.9 Å². The van der Waals surface area contributed by atoms with Crippen molar-refractivity contribution in [1.82, 2.24) is 4.90 Å². The molecule has 2 nitrogen and oxygen atoms in total. The first-order valence-electron chi connectivity index (χ1n) is 6.12. The van der Waals surface area contributed by atoms with Gasteiger partial charge in [0, 0.05) is 13.1 Å². The number of hydrogen-bond acceptors (Lipinski definition) is 2. The van der Waals surface area contributed by atoms with Crippen molar-refractivity contribution in [3.8, 4) is 0 Å². The highest BCUT2D eigenvalue weighted by atomic mass is 16.3. The SMILES string of the molecule is CCCC(CN(C)CCO)c1ccccc1. The van der Waals surface area contributed by atoms with Crippen LogP contribution in [0.1, 0.15) is 31.2 Å². The van der Waals surface area contributed by atoms with Crippen LogP contribution < -0.4 is 0 Å². The molecule has 0 bridgehead atoms. The highest BCUT2D eigenvalue weighted by Gasteiger charge is 2.12.